The van der Waals surface area contributed by atoms with Crippen LogP contribution in [-0.4, -0.2) is 57.1 Å². The maximum atomic E-state index is 12.7. The molecule has 1 N–H and O–H groups in total. The van der Waals surface area contributed by atoms with Crippen molar-refractivity contribution in [3.05, 3.63) is 40.7 Å². The molecule has 0 aromatic carbocycles. The third-order valence-corrected chi connectivity index (χ3v) is 5.58. The number of anilines is 2. The highest BCUT2D eigenvalue weighted by atomic mass is 16.3. The molecule has 2 aliphatic rings. The van der Waals surface area contributed by atoms with Gasteiger partial charge < -0.3 is 14.9 Å². The molecule has 8 nitrogen and oxygen atoms in total. The van der Waals surface area contributed by atoms with Crippen LogP contribution in [0.1, 0.15) is 50.9 Å². The van der Waals surface area contributed by atoms with Crippen LogP contribution in [-0.2, 0) is 0 Å². The number of rotatable bonds is 4. The van der Waals surface area contributed by atoms with E-state index in [1.54, 1.807) is 16.9 Å². The van der Waals surface area contributed by atoms with Crippen LogP contribution < -0.4 is 15.4 Å². The second-order valence-corrected chi connectivity index (χ2v) is 8.05. The quantitative estimate of drug-likeness (QED) is 0.856. The summed E-state index contributed by atoms with van der Waals surface area (Å²) in [4.78, 5) is 26.0. The lowest BCUT2D eigenvalue weighted by Gasteiger charge is -2.34. The van der Waals surface area contributed by atoms with Gasteiger partial charge in [0, 0.05) is 44.4 Å². The molecule has 8 heteroatoms. The predicted octanol–water partition coefficient (Wildman–Crippen LogP) is 1.57. The number of hydrogen-bond donors (Lipinski definition) is 1. The van der Waals surface area contributed by atoms with Gasteiger partial charge in [-0.2, -0.15) is 5.10 Å². The van der Waals surface area contributed by atoms with Crippen molar-refractivity contribution in [3.63, 3.8) is 0 Å². The number of piperidine rings is 1. The van der Waals surface area contributed by atoms with E-state index in [1.807, 2.05) is 17.2 Å². The molecule has 2 aromatic rings. The smallest absolute Gasteiger partial charge is 0.269 e. The average molecular weight is 384 g/mol. The first-order chi connectivity index (χ1) is 13.5. The molecule has 0 unspecified atom stereocenters. The molecule has 0 spiro atoms. The first-order valence-electron chi connectivity index (χ1n) is 10.1. The maximum absolute atomic E-state index is 12.7. The van der Waals surface area contributed by atoms with Crippen LogP contribution in [0.3, 0.4) is 0 Å². The first kappa shape index (κ1) is 18.9. The first-order valence-corrected chi connectivity index (χ1v) is 10.1. The highest BCUT2D eigenvalue weighted by Crippen LogP contribution is 2.25. The zero-order chi connectivity index (χ0) is 19.7. The van der Waals surface area contributed by atoms with E-state index in [-0.39, 0.29) is 23.6 Å². The Morgan fingerprint density at radius 3 is 2.75 bits per heavy atom. The predicted molar refractivity (Wildman–Crippen MR) is 108 cm³/mol. The van der Waals surface area contributed by atoms with E-state index in [2.05, 4.69) is 28.8 Å². The summed E-state index contributed by atoms with van der Waals surface area (Å²) in [5.41, 5.74) is 0.708. The van der Waals surface area contributed by atoms with Crippen LogP contribution in [0.4, 0.5) is 11.5 Å². The van der Waals surface area contributed by atoms with Gasteiger partial charge in [-0.1, -0.05) is 13.8 Å². The van der Waals surface area contributed by atoms with Gasteiger partial charge in [0.05, 0.1) is 24.0 Å². The van der Waals surface area contributed by atoms with Crippen molar-refractivity contribution in [2.75, 3.05) is 36.0 Å². The Kier molecular flexibility index (Phi) is 5.30. The molecule has 4 rings (SSSR count). The standard InChI is InChI=1S/C20H28N6O2/c1-14(2)20-21-7-5-18(23-20)25-8-3-4-15(12-25)26-19(28)10-16(11-22-26)24-9-6-17(27)13-24/h5,7,10-11,14-15,17,27H,3-4,6,8-9,12-13H2,1-2H3/t15-,17+/m1/s1. The summed E-state index contributed by atoms with van der Waals surface area (Å²) in [6, 6.07) is 3.61. The Hall–Kier alpha value is -2.48. The third kappa shape index (κ3) is 3.87. The molecule has 150 valence electrons. The summed E-state index contributed by atoms with van der Waals surface area (Å²) < 4.78 is 1.60. The summed E-state index contributed by atoms with van der Waals surface area (Å²) >= 11 is 0. The maximum Gasteiger partial charge on any atom is 0.269 e. The molecule has 0 saturated carbocycles. The molecular formula is C20H28N6O2. The van der Waals surface area contributed by atoms with Crippen molar-refractivity contribution >= 4 is 11.5 Å². The summed E-state index contributed by atoms with van der Waals surface area (Å²) in [5, 5.41) is 14.2. The summed E-state index contributed by atoms with van der Waals surface area (Å²) in [6.45, 7) is 7.13. The van der Waals surface area contributed by atoms with Gasteiger partial charge in [0.1, 0.15) is 11.6 Å². The number of hydrogen-bond acceptors (Lipinski definition) is 7. The molecule has 0 bridgehead atoms. The second kappa shape index (κ2) is 7.87. The lowest BCUT2D eigenvalue weighted by Crippen LogP contribution is -2.41. The van der Waals surface area contributed by atoms with E-state index in [9.17, 15) is 9.90 Å². The van der Waals surface area contributed by atoms with Crippen molar-refractivity contribution in [3.8, 4) is 0 Å². The van der Waals surface area contributed by atoms with Crippen LogP contribution in [0, 0.1) is 0 Å². The molecule has 2 atom stereocenters. The molecule has 4 heterocycles. The van der Waals surface area contributed by atoms with Gasteiger partial charge in [-0.05, 0) is 25.3 Å². The van der Waals surface area contributed by atoms with E-state index < -0.39 is 0 Å². The van der Waals surface area contributed by atoms with Crippen LogP contribution in [0.25, 0.3) is 0 Å². The van der Waals surface area contributed by atoms with E-state index in [0.29, 0.717) is 13.1 Å². The average Bonchev–Trinajstić information content (AvgIpc) is 3.14. The van der Waals surface area contributed by atoms with Gasteiger partial charge >= 0.3 is 0 Å². The lowest BCUT2D eigenvalue weighted by atomic mass is 10.1. The zero-order valence-electron chi connectivity index (χ0n) is 16.5. The fourth-order valence-electron chi connectivity index (χ4n) is 4.01. The van der Waals surface area contributed by atoms with Crippen molar-refractivity contribution in [1.29, 1.82) is 0 Å². The van der Waals surface area contributed by atoms with Crippen LogP contribution in [0.2, 0.25) is 0 Å². The molecular weight excluding hydrogens is 356 g/mol. The third-order valence-electron chi connectivity index (χ3n) is 5.58. The Bertz CT molecular complexity index is 883. The molecule has 2 fully saturated rings. The van der Waals surface area contributed by atoms with Crippen LogP contribution in [0.5, 0.6) is 0 Å². The zero-order valence-corrected chi connectivity index (χ0v) is 16.5. The number of aliphatic hydroxyl groups is 1. The number of aromatic nitrogens is 4. The van der Waals surface area contributed by atoms with Gasteiger partial charge in [-0.25, -0.2) is 14.6 Å². The monoisotopic (exact) mass is 384 g/mol. The molecule has 0 amide bonds. The second-order valence-electron chi connectivity index (χ2n) is 8.05. The summed E-state index contributed by atoms with van der Waals surface area (Å²) in [6.07, 6.45) is 5.88. The molecule has 2 aliphatic heterocycles. The highest BCUT2D eigenvalue weighted by Gasteiger charge is 2.26. The summed E-state index contributed by atoms with van der Waals surface area (Å²) in [7, 11) is 0. The largest absolute Gasteiger partial charge is 0.391 e. The van der Waals surface area contributed by atoms with Gasteiger partial charge in [0.2, 0.25) is 0 Å². The minimum absolute atomic E-state index is 0.0249. The Labute approximate surface area is 164 Å². The molecule has 2 aromatic heterocycles. The highest BCUT2D eigenvalue weighted by molar-refractivity contribution is 5.44. The number of nitrogens with zero attached hydrogens (tertiary/aromatic N) is 6. The Morgan fingerprint density at radius 1 is 1.18 bits per heavy atom. The van der Waals surface area contributed by atoms with Gasteiger partial charge in [-0.15, -0.1) is 0 Å². The van der Waals surface area contributed by atoms with Gasteiger partial charge in [-0.3, -0.25) is 4.79 Å². The van der Waals surface area contributed by atoms with E-state index in [1.165, 1.54) is 0 Å². The topological polar surface area (TPSA) is 87.4 Å². The van der Waals surface area contributed by atoms with Crippen molar-refractivity contribution in [2.24, 2.45) is 0 Å². The van der Waals surface area contributed by atoms with Gasteiger partial charge in [0.25, 0.3) is 5.56 Å². The van der Waals surface area contributed by atoms with E-state index in [4.69, 9.17) is 4.98 Å². The fourth-order valence-corrected chi connectivity index (χ4v) is 4.01. The van der Waals surface area contributed by atoms with Gasteiger partial charge in [0.15, 0.2) is 0 Å². The molecule has 28 heavy (non-hydrogen) atoms. The van der Waals surface area contributed by atoms with Crippen molar-refractivity contribution in [2.45, 2.75) is 51.2 Å². The SMILES string of the molecule is CC(C)c1nccc(N2CCC[C@@H](n3ncc(N4CC[C@H](O)C4)cc3=O)C2)n1. The number of aliphatic hydroxyl groups excluding tert-OH is 1. The Balaban J connectivity index is 1.52. The minimum atomic E-state index is -0.321. The molecule has 0 radical (unpaired) electrons. The van der Waals surface area contributed by atoms with Crippen molar-refractivity contribution < 1.29 is 5.11 Å². The fraction of sp³-hybridized carbons (Fsp3) is 0.600. The normalized spacial score (nSPS) is 22.9. The molecule has 0 aliphatic carbocycles. The number of β-amino-alcohol motifs (C(OH)–C–C–N with tert-alkyl or cyclic N) is 1. The minimum Gasteiger partial charge on any atom is -0.391 e. The van der Waals surface area contributed by atoms with Crippen LogP contribution >= 0.6 is 0 Å². The lowest BCUT2D eigenvalue weighted by molar-refractivity contribution is 0.198. The van der Waals surface area contributed by atoms with Crippen LogP contribution in [0.15, 0.2) is 29.3 Å². The Morgan fingerprint density at radius 2 is 2.04 bits per heavy atom. The van der Waals surface area contributed by atoms with E-state index in [0.717, 1.165) is 49.7 Å². The van der Waals surface area contributed by atoms with E-state index >= 15 is 0 Å². The molecule has 2 saturated heterocycles. The summed E-state index contributed by atoms with van der Waals surface area (Å²) in [5.74, 6) is 2.03. The van der Waals surface area contributed by atoms with Crippen molar-refractivity contribution in [1.82, 2.24) is 19.7 Å².